The summed E-state index contributed by atoms with van der Waals surface area (Å²) < 4.78 is 39.0. The highest BCUT2D eigenvalue weighted by Crippen LogP contribution is 2.27. The zero-order chi connectivity index (χ0) is 13.3. The van der Waals surface area contributed by atoms with E-state index in [9.17, 15) is 18.0 Å². The molecule has 0 amide bonds. The van der Waals surface area contributed by atoms with Crippen LogP contribution in [0.15, 0.2) is 12.1 Å². The third-order valence-electron chi connectivity index (χ3n) is 3.09. The van der Waals surface area contributed by atoms with E-state index in [1.54, 1.807) is 0 Å². The summed E-state index contributed by atoms with van der Waals surface area (Å²) in [5.41, 5.74) is 0.234. The molecule has 1 aliphatic rings. The Morgan fingerprint density at radius 2 is 1.83 bits per heavy atom. The molecule has 0 aliphatic carbocycles. The summed E-state index contributed by atoms with van der Waals surface area (Å²) >= 11 is 0. The van der Waals surface area contributed by atoms with Gasteiger partial charge in [-0.2, -0.15) is 0 Å². The lowest BCUT2D eigenvalue weighted by atomic mass is 9.93. The number of carbonyl (C=O) groups is 1. The highest BCUT2D eigenvalue weighted by molar-refractivity contribution is 5.73. The maximum absolute atomic E-state index is 13.1. The number of nitrogens with one attached hydrogen (secondary N) is 1. The maximum atomic E-state index is 13.1. The van der Waals surface area contributed by atoms with Gasteiger partial charge in [-0.3, -0.25) is 10.1 Å². The molecule has 98 valence electrons. The summed E-state index contributed by atoms with van der Waals surface area (Å²) in [5, 5.41) is 11.7. The van der Waals surface area contributed by atoms with Crippen LogP contribution in [-0.2, 0) is 4.79 Å². The van der Waals surface area contributed by atoms with Crippen molar-refractivity contribution in [1.82, 2.24) is 5.32 Å². The Hall–Kier alpha value is -1.56. The molecule has 6 heteroatoms. The largest absolute Gasteiger partial charge is 0.480 e. The molecule has 18 heavy (non-hydrogen) atoms. The minimum atomic E-state index is -1.51. The Kier molecular flexibility index (Phi) is 3.56. The van der Waals surface area contributed by atoms with Gasteiger partial charge in [0.2, 0.25) is 0 Å². The van der Waals surface area contributed by atoms with E-state index in [4.69, 9.17) is 5.11 Å². The fourth-order valence-electron chi connectivity index (χ4n) is 2.17. The molecule has 1 aromatic rings. The van der Waals surface area contributed by atoms with Crippen LogP contribution < -0.4 is 5.32 Å². The highest BCUT2D eigenvalue weighted by Gasteiger charge is 2.27. The molecule has 0 unspecified atom stereocenters. The Balaban J connectivity index is 2.23. The summed E-state index contributed by atoms with van der Waals surface area (Å²) in [7, 11) is 0. The summed E-state index contributed by atoms with van der Waals surface area (Å²) in [6.45, 7) is 0. The second-order valence-electron chi connectivity index (χ2n) is 4.34. The topological polar surface area (TPSA) is 49.3 Å². The molecule has 1 fully saturated rings. The van der Waals surface area contributed by atoms with Crippen LogP contribution >= 0.6 is 0 Å². The molecule has 0 saturated carbocycles. The van der Waals surface area contributed by atoms with E-state index in [0.29, 0.717) is 19.3 Å². The number of halogens is 3. The van der Waals surface area contributed by atoms with Gasteiger partial charge < -0.3 is 5.11 Å². The van der Waals surface area contributed by atoms with E-state index < -0.39 is 35.5 Å². The Labute approximate surface area is 102 Å². The van der Waals surface area contributed by atoms with Gasteiger partial charge >= 0.3 is 5.97 Å². The maximum Gasteiger partial charge on any atom is 0.320 e. The third kappa shape index (κ3) is 2.48. The van der Waals surface area contributed by atoms with Crippen LogP contribution in [0.4, 0.5) is 13.2 Å². The highest BCUT2D eigenvalue weighted by atomic mass is 19.2. The van der Waals surface area contributed by atoms with Gasteiger partial charge in [-0.25, -0.2) is 13.2 Å². The van der Waals surface area contributed by atoms with Crippen LogP contribution in [-0.4, -0.2) is 17.1 Å². The summed E-state index contributed by atoms with van der Waals surface area (Å²) in [6.07, 6.45) is 1.67. The molecule has 3 nitrogen and oxygen atoms in total. The van der Waals surface area contributed by atoms with Crippen molar-refractivity contribution >= 4 is 5.97 Å². The van der Waals surface area contributed by atoms with Crippen LogP contribution in [0.2, 0.25) is 0 Å². The third-order valence-corrected chi connectivity index (χ3v) is 3.09. The smallest absolute Gasteiger partial charge is 0.320 e. The first-order chi connectivity index (χ1) is 8.49. The Morgan fingerprint density at radius 3 is 2.39 bits per heavy atom. The minimum Gasteiger partial charge on any atom is -0.480 e. The van der Waals surface area contributed by atoms with Crippen LogP contribution in [0.3, 0.4) is 0 Å². The van der Waals surface area contributed by atoms with Crippen molar-refractivity contribution in [3.63, 3.8) is 0 Å². The molecular formula is C12H12F3NO2. The molecule has 1 heterocycles. The SMILES string of the molecule is O=C(O)[C@H]1CCC[C@@H](c2cc(F)c(F)c(F)c2)N1. The van der Waals surface area contributed by atoms with E-state index in [2.05, 4.69) is 5.32 Å². The lowest BCUT2D eigenvalue weighted by Crippen LogP contribution is -2.42. The average molecular weight is 259 g/mol. The van der Waals surface area contributed by atoms with Crippen molar-refractivity contribution in [3.8, 4) is 0 Å². The van der Waals surface area contributed by atoms with E-state index in [1.165, 1.54) is 0 Å². The molecule has 0 aromatic heterocycles. The van der Waals surface area contributed by atoms with Crippen molar-refractivity contribution in [3.05, 3.63) is 35.1 Å². The molecule has 1 aliphatic heterocycles. The van der Waals surface area contributed by atoms with Gasteiger partial charge in [0, 0.05) is 6.04 Å². The van der Waals surface area contributed by atoms with Gasteiger partial charge in [-0.1, -0.05) is 0 Å². The summed E-state index contributed by atoms with van der Waals surface area (Å²) in [4.78, 5) is 10.8. The average Bonchev–Trinajstić information content (AvgIpc) is 2.35. The van der Waals surface area contributed by atoms with Gasteiger partial charge in [0.05, 0.1) is 0 Å². The number of hydrogen-bond donors (Lipinski definition) is 2. The van der Waals surface area contributed by atoms with Crippen LogP contribution in [0.1, 0.15) is 30.9 Å². The van der Waals surface area contributed by atoms with Gasteiger partial charge in [0.25, 0.3) is 0 Å². The van der Waals surface area contributed by atoms with Crippen molar-refractivity contribution in [1.29, 1.82) is 0 Å². The second kappa shape index (κ2) is 4.97. The number of carboxylic acid groups (broad SMARTS) is 1. The lowest BCUT2D eigenvalue weighted by Gasteiger charge is -2.29. The molecule has 2 atom stereocenters. The molecule has 1 aromatic carbocycles. The molecule has 2 rings (SSSR count). The minimum absolute atomic E-state index is 0.234. The predicted octanol–water partition coefficient (Wildman–Crippen LogP) is 2.37. The van der Waals surface area contributed by atoms with E-state index in [1.807, 2.05) is 0 Å². The lowest BCUT2D eigenvalue weighted by molar-refractivity contribution is -0.140. The molecular weight excluding hydrogens is 247 g/mol. The van der Waals surface area contributed by atoms with E-state index in [0.717, 1.165) is 12.1 Å². The number of carboxylic acids is 1. The van der Waals surface area contributed by atoms with Gasteiger partial charge in [0.1, 0.15) is 6.04 Å². The zero-order valence-electron chi connectivity index (χ0n) is 9.42. The van der Waals surface area contributed by atoms with E-state index in [-0.39, 0.29) is 5.56 Å². The molecule has 1 saturated heterocycles. The molecule has 0 spiro atoms. The fraction of sp³-hybridized carbons (Fsp3) is 0.417. The van der Waals surface area contributed by atoms with Gasteiger partial charge in [-0.05, 0) is 37.0 Å². The van der Waals surface area contributed by atoms with Crippen LogP contribution in [0, 0.1) is 17.5 Å². The van der Waals surface area contributed by atoms with Gasteiger partial charge in [0.15, 0.2) is 17.5 Å². The second-order valence-corrected chi connectivity index (χ2v) is 4.34. The van der Waals surface area contributed by atoms with Gasteiger partial charge in [-0.15, -0.1) is 0 Å². The van der Waals surface area contributed by atoms with Crippen molar-refractivity contribution in [2.24, 2.45) is 0 Å². The van der Waals surface area contributed by atoms with E-state index >= 15 is 0 Å². The van der Waals surface area contributed by atoms with Crippen molar-refractivity contribution in [2.45, 2.75) is 31.3 Å². The summed E-state index contributed by atoms with van der Waals surface area (Å²) in [6, 6.07) is 0.602. The number of aliphatic carboxylic acids is 1. The first kappa shape index (κ1) is 12.9. The zero-order valence-corrected chi connectivity index (χ0v) is 9.42. The first-order valence-corrected chi connectivity index (χ1v) is 5.62. The summed E-state index contributed by atoms with van der Waals surface area (Å²) in [5.74, 6) is -5.03. The monoisotopic (exact) mass is 259 g/mol. The molecule has 2 N–H and O–H groups in total. The Bertz CT molecular complexity index is 455. The Morgan fingerprint density at radius 1 is 1.22 bits per heavy atom. The quantitative estimate of drug-likeness (QED) is 0.802. The predicted molar refractivity (Wildman–Crippen MR) is 57.5 cm³/mol. The van der Waals surface area contributed by atoms with Crippen molar-refractivity contribution in [2.75, 3.05) is 0 Å². The van der Waals surface area contributed by atoms with Crippen LogP contribution in [0.5, 0.6) is 0 Å². The van der Waals surface area contributed by atoms with Crippen LogP contribution in [0.25, 0.3) is 0 Å². The number of rotatable bonds is 2. The first-order valence-electron chi connectivity index (χ1n) is 5.62. The molecule has 0 radical (unpaired) electrons. The normalized spacial score (nSPS) is 23.9. The molecule has 0 bridgehead atoms. The number of hydrogen-bond acceptors (Lipinski definition) is 2. The number of piperidine rings is 1. The standard InChI is InChI=1S/C12H12F3NO2/c13-7-4-6(5-8(14)11(7)15)9-2-1-3-10(16-9)12(17)18/h4-5,9-10,16H,1-3H2,(H,17,18)/t9-,10+/m0/s1. The fourth-order valence-corrected chi connectivity index (χ4v) is 2.17. The van der Waals surface area contributed by atoms with Crippen molar-refractivity contribution < 1.29 is 23.1 Å². The number of benzene rings is 1.